The molecule has 5 nitrogen and oxygen atoms in total. The van der Waals surface area contributed by atoms with Crippen LogP contribution in [-0.4, -0.2) is 59.4 Å². The highest BCUT2D eigenvalue weighted by molar-refractivity contribution is 5.98. The molecular formula is C25H37N3O2. The summed E-state index contributed by atoms with van der Waals surface area (Å²) in [6.45, 7) is 7.74. The van der Waals surface area contributed by atoms with E-state index in [2.05, 4.69) is 24.1 Å². The van der Waals surface area contributed by atoms with Gasteiger partial charge in [0.15, 0.2) is 0 Å². The molecule has 3 atom stereocenters. The molecule has 0 spiro atoms. The van der Waals surface area contributed by atoms with Crippen LogP contribution in [0.2, 0.25) is 0 Å². The molecular weight excluding hydrogens is 374 g/mol. The minimum Gasteiger partial charge on any atom is -0.351 e. The number of nitrogens with one attached hydrogen (secondary N) is 1. The van der Waals surface area contributed by atoms with Crippen molar-refractivity contribution < 1.29 is 9.59 Å². The van der Waals surface area contributed by atoms with Crippen molar-refractivity contribution >= 4 is 11.8 Å². The number of hydrogen-bond acceptors (Lipinski definition) is 3. The number of carbonyl (C=O) groups is 2. The third kappa shape index (κ3) is 4.72. The fourth-order valence-electron chi connectivity index (χ4n) is 5.79. The molecule has 5 heteroatoms. The van der Waals surface area contributed by atoms with Crippen molar-refractivity contribution in [3.63, 3.8) is 0 Å². The van der Waals surface area contributed by atoms with Gasteiger partial charge in [0.2, 0.25) is 5.91 Å². The van der Waals surface area contributed by atoms with Crippen LogP contribution in [0.1, 0.15) is 69.2 Å². The van der Waals surface area contributed by atoms with Gasteiger partial charge in [0.1, 0.15) is 6.04 Å². The van der Waals surface area contributed by atoms with Crippen molar-refractivity contribution in [2.75, 3.05) is 19.6 Å². The average Bonchev–Trinajstić information content (AvgIpc) is 3.14. The van der Waals surface area contributed by atoms with E-state index in [1.54, 1.807) is 0 Å². The second-order valence-corrected chi connectivity index (χ2v) is 9.92. The van der Waals surface area contributed by atoms with Gasteiger partial charge < -0.3 is 15.1 Å². The van der Waals surface area contributed by atoms with Gasteiger partial charge >= 0.3 is 0 Å². The van der Waals surface area contributed by atoms with Crippen LogP contribution in [0, 0.1) is 11.8 Å². The molecule has 0 aromatic heterocycles. The molecule has 4 rings (SSSR count). The van der Waals surface area contributed by atoms with E-state index in [1.807, 2.05) is 35.2 Å². The second kappa shape index (κ2) is 9.51. The molecule has 1 aromatic carbocycles. The van der Waals surface area contributed by atoms with Gasteiger partial charge in [0, 0.05) is 37.3 Å². The average molecular weight is 412 g/mol. The first-order valence-electron chi connectivity index (χ1n) is 11.9. The fourth-order valence-corrected chi connectivity index (χ4v) is 5.79. The summed E-state index contributed by atoms with van der Waals surface area (Å²) >= 11 is 0. The van der Waals surface area contributed by atoms with Gasteiger partial charge in [-0.15, -0.1) is 0 Å². The van der Waals surface area contributed by atoms with E-state index in [0.29, 0.717) is 17.4 Å². The summed E-state index contributed by atoms with van der Waals surface area (Å²) in [4.78, 5) is 31.2. The Bertz CT molecular complexity index is 727. The molecule has 0 bridgehead atoms. The summed E-state index contributed by atoms with van der Waals surface area (Å²) in [6.07, 6.45) is 7.37. The van der Waals surface area contributed by atoms with E-state index in [1.165, 1.54) is 6.42 Å². The van der Waals surface area contributed by atoms with Crippen LogP contribution in [0.15, 0.2) is 30.3 Å². The number of benzene rings is 1. The van der Waals surface area contributed by atoms with Gasteiger partial charge in [-0.05, 0) is 56.1 Å². The number of carbonyl (C=O) groups excluding carboxylic acids is 2. The molecule has 1 saturated carbocycles. The molecule has 1 aromatic rings. The topological polar surface area (TPSA) is 52.7 Å². The number of amides is 2. The summed E-state index contributed by atoms with van der Waals surface area (Å²) < 4.78 is 0. The summed E-state index contributed by atoms with van der Waals surface area (Å²) in [5.74, 6) is 1.23. The van der Waals surface area contributed by atoms with Crippen LogP contribution in [0.25, 0.3) is 0 Å². The van der Waals surface area contributed by atoms with E-state index in [4.69, 9.17) is 0 Å². The highest BCUT2D eigenvalue weighted by atomic mass is 16.2. The predicted molar refractivity (Wildman–Crippen MR) is 119 cm³/mol. The zero-order valence-electron chi connectivity index (χ0n) is 18.6. The zero-order valence-corrected chi connectivity index (χ0v) is 18.6. The van der Waals surface area contributed by atoms with Crippen molar-refractivity contribution in [2.24, 2.45) is 11.8 Å². The Hall–Kier alpha value is -1.88. The van der Waals surface area contributed by atoms with Gasteiger partial charge in [0.25, 0.3) is 5.91 Å². The first kappa shape index (κ1) is 21.4. The third-order valence-electron chi connectivity index (χ3n) is 7.20. The quantitative estimate of drug-likeness (QED) is 0.804. The number of likely N-dealkylation sites (tertiary alicyclic amines) is 2. The lowest BCUT2D eigenvalue weighted by atomic mass is 9.84. The van der Waals surface area contributed by atoms with Crippen molar-refractivity contribution in [3.8, 4) is 0 Å². The Morgan fingerprint density at radius 3 is 2.43 bits per heavy atom. The van der Waals surface area contributed by atoms with Crippen molar-refractivity contribution in [2.45, 2.75) is 76.9 Å². The molecule has 2 aliphatic heterocycles. The van der Waals surface area contributed by atoms with E-state index >= 15 is 0 Å². The van der Waals surface area contributed by atoms with Gasteiger partial charge in [-0.2, -0.15) is 0 Å². The van der Waals surface area contributed by atoms with Crippen LogP contribution in [0.4, 0.5) is 0 Å². The Labute approximate surface area is 181 Å². The van der Waals surface area contributed by atoms with Crippen LogP contribution in [-0.2, 0) is 4.79 Å². The highest BCUT2D eigenvalue weighted by Crippen LogP contribution is 2.40. The fraction of sp³-hybridized carbons (Fsp3) is 0.680. The van der Waals surface area contributed by atoms with E-state index in [-0.39, 0.29) is 29.9 Å². The molecule has 2 heterocycles. The lowest BCUT2D eigenvalue weighted by Crippen LogP contribution is -2.53. The molecule has 164 valence electrons. The normalized spacial score (nSPS) is 27.8. The molecule has 1 aliphatic carbocycles. The minimum absolute atomic E-state index is 0.0249. The Morgan fingerprint density at radius 2 is 1.73 bits per heavy atom. The number of rotatable bonds is 5. The maximum absolute atomic E-state index is 13.4. The number of piperidine rings is 1. The maximum atomic E-state index is 13.4. The van der Waals surface area contributed by atoms with Gasteiger partial charge in [0.05, 0.1) is 0 Å². The highest BCUT2D eigenvalue weighted by Gasteiger charge is 2.47. The molecule has 0 radical (unpaired) electrons. The second-order valence-electron chi connectivity index (χ2n) is 9.92. The van der Waals surface area contributed by atoms with E-state index in [0.717, 1.165) is 58.2 Å². The van der Waals surface area contributed by atoms with Gasteiger partial charge in [-0.3, -0.25) is 9.59 Å². The zero-order chi connectivity index (χ0) is 21.1. The predicted octanol–water partition coefficient (Wildman–Crippen LogP) is 3.70. The molecule has 1 N–H and O–H groups in total. The monoisotopic (exact) mass is 411 g/mol. The SMILES string of the molecule is CC(C)CN1CCC(NC(=O)C2CC3CCCCC3N2C(=O)c2ccccc2)CC1. The molecule has 3 fully saturated rings. The summed E-state index contributed by atoms with van der Waals surface area (Å²) in [5, 5.41) is 3.32. The maximum Gasteiger partial charge on any atom is 0.254 e. The molecule has 2 saturated heterocycles. The summed E-state index contributed by atoms with van der Waals surface area (Å²) in [5.41, 5.74) is 0.698. The molecule has 3 unspecified atom stereocenters. The van der Waals surface area contributed by atoms with Crippen molar-refractivity contribution in [1.29, 1.82) is 0 Å². The van der Waals surface area contributed by atoms with Gasteiger partial charge in [-0.25, -0.2) is 0 Å². The smallest absolute Gasteiger partial charge is 0.254 e. The summed E-state index contributed by atoms with van der Waals surface area (Å²) in [6, 6.07) is 9.62. The number of hydrogen-bond donors (Lipinski definition) is 1. The first-order valence-corrected chi connectivity index (χ1v) is 11.9. The van der Waals surface area contributed by atoms with E-state index < -0.39 is 0 Å². The van der Waals surface area contributed by atoms with Crippen LogP contribution in [0.3, 0.4) is 0 Å². The van der Waals surface area contributed by atoms with Crippen LogP contribution < -0.4 is 5.32 Å². The van der Waals surface area contributed by atoms with Crippen molar-refractivity contribution in [1.82, 2.24) is 15.1 Å². The number of nitrogens with zero attached hydrogens (tertiary/aromatic N) is 2. The Kier molecular flexibility index (Phi) is 6.77. The lowest BCUT2D eigenvalue weighted by Gasteiger charge is -2.36. The van der Waals surface area contributed by atoms with Crippen LogP contribution in [0.5, 0.6) is 0 Å². The lowest BCUT2D eigenvalue weighted by molar-refractivity contribution is -0.126. The Morgan fingerprint density at radius 1 is 1.03 bits per heavy atom. The molecule has 30 heavy (non-hydrogen) atoms. The largest absolute Gasteiger partial charge is 0.351 e. The summed E-state index contributed by atoms with van der Waals surface area (Å²) in [7, 11) is 0. The standard InChI is InChI=1S/C25H37N3O2/c1-18(2)17-27-14-12-21(13-15-27)26-24(29)23-16-20-10-6-7-11-22(20)28(23)25(30)19-8-4-3-5-9-19/h3-5,8-9,18,20-23H,6-7,10-17H2,1-2H3,(H,26,29). The van der Waals surface area contributed by atoms with Crippen LogP contribution >= 0.6 is 0 Å². The molecule has 2 amide bonds. The molecule has 3 aliphatic rings. The van der Waals surface area contributed by atoms with E-state index in [9.17, 15) is 9.59 Å². The minimum atomic E-state index is -0.320. The van der Waals surface area contributed by atoms with Crippen molar-refractivity contribution in [3.05, 3.63) is 35.9 Å². The first-order chi connectivity index (χ1) is 14.5. The third-order valence-corrected chi connectivity index (χ3v) is 7.20. The Balaban J connectivity index is 1.43. The van der Waals surface area contributed by atoms with Gasteiger partial charge in [-0.1, -0.05) is 44.9 Å². The number of fused-ring (bicyclic) bond motifs is 1.